The highest BCUT2D eigenvalue weighted by atomic mass is 16.3. The molecule has 0 N–H and O–H groups in total. The Labute approximate surface area is 160 Å². The smallest absolute Gasteiger partial charge is 0.169 e. The average molecular weight is 368 g/mol. The Morgan fingerprint density at radius 3 is 2.79 bits per heavy atom. The summed E-state index contributed by atoms with van der Waals surface area (Å²) in [6.45, 7) is 0. The van der Waals surface area contributed by atoms with E-state index in [1.54, 1.807) is 17.0 Å². The minimum absolute atomic E-state index is 0.0182. The van der Waals surface area contributed by atoms with Crippen molar-refractivity contribution in [3.63, 3.8) is 0 Å². The van der Waals surface area contributed by atoms with Gasteiger partial charge < -0.3 is 4.42 Å². The molecule has 0 spiro atoms. The monoisotopic (exact) mass is 368 g/mol. The zero-order valence-corrected chi connectivity index (χ0v) is 15.2. The molecule has 136 valence electrons. The van der Waals surface area contributed by atoms with Crippen LogP contribution < -0.4 is 0 Å². The van der Waals surface area contributed by atoms with Crippen molar-refractivity contribution in [1.82, 2.24) is 20.0 Å². The van der Waals surface area contributed by atoms with Crippen molar-refractivity contribution in [2.75, 3.05) is 0 Å². The highest BCUT2D eigenvalue weighted by molar-refractivity contribution is 6.00. The van der Waals surface area contributed by atoms with E-state index in [2.05, 4.69) is 15.3 Å². The largest absolute Gasteiger partial charge is 0.464 e. The number of Topliss-reactive ketones (excluding diaryl/α,β-unsaturated/α-hetero) is 1. The number of carbonyl (C=O) groups excluding carboxylic acids is 1. The van der Waals surface area contributed by atoms with Crippen molar-refractivity contribution in [1.29, 1.82) is 0 Å². The summed E-state index contributed by atoms with van der Waals surface area (Å²) in [4.78, 5) is 12.7. The zero-order chi connectivity index (χ0) is 19.1. The number of rotatable bonds is 4. The number of benzene rings is 2. The summed E-state index contributed by atoms with van der Waals surface area (Å²) in [5.74, 6) is -0.0182. The molecule has 28 heavy (non-hydrogen) atoms. The Kier molecular flexibility index (Phi) is 3.76. The minimum atomic E-state index is -0.0182. The number of aromatic nitrogens is 4. The quantitative estimate of drug-likeness (QED) is 0.445. The Balaban J connectivity index is 1.45. The van der Waals surface area contributed by atoms with Gasteiger partial charge in [0.25, 0.3) is 0 Å². The molecule has 0 aliphatic rings. The van der Waals surface area contributed by atoms with Gasteiger partial charge in [-0.3, -0.25) is 9.48 Å². The van der Waals surface area contributed by atoms with Crippen LogP contribution in [0.5, 0.6) is 0 Å². The van der Waals surface area contributed by atoms with E-state index in [0.717, 1.165) is 27.4 Å². The molecule has 3 heterocycles. The Morgan fingerprint density at radius 2 is 1.93 bits per heavy atom. The molecule has 5 rings (SSSR count). The van der Waals surface area contributed by atoms with Crippen LogP contribution >= 0.6 is 0 Å². The first kappa shape index (κ1) is 16.4. The van der Waals surface area contributed by atoms with Crippen LogP contribution in [-0.4, -0.2) is 25.8 Å². The van der Waals surface area contributed by atoms with Crippen LogP contribution in [0.15, 0.2) is 71.6 Å². The topological polar surface area (TPSA) is 73.8 Å². The summed E-state index contributed by atoms with van der Waals surface area (Å²) in [5, 5.41) is 14.6. The van der Waals surface area contributed by atoms with Crippen LogP contribution in [0.2, 0.25) is 0 Å². The minimum Gasteiger partial charge on any atom is -0.464 e. The molecule has 6 heteroatoms. The summed E-state index contributed by atoms with van der Waals surface area (Å²) in [7, 11) is 1.89. The van der Waals surface area contributed by atoms with E-state index in [9.17, 15) is 4.79 Å². The van der Waals surface area contributed by atoms with E-state index in [4.69, 9.17) is 4.42 Å². The first-order valence-electron chi connectivity index (χ1n) is 8.91. The van der Waals surface area contributed by atoms with Crippen molar-refractivity contribution in [2.24, 2.45) is 7.05 Å². The normalized spacial score (nSPS) is 11.3. The molecule has 0 radical (unpaired) electrons. The van der Waals surface area contributed by atoms with Gasteiger partial charge in [-0.2, -0.15) is 15.3 Å². The van der Waals surface area contributed by atoms with Crippen LogP contribution in [0.25, 0.3) is 33.0 Å². The number of carbonyl (C=O) groups is 1. The number of nitrogens with zero attached hydrogens (tertiary/aromatic N) is 4. The second-order valence-corrected chi connectivity index (χ2v) is 6.79. The van der Waals surface area contributed by atoms with Gasteiger partial charge in [-0.1, -0.05) is 18.2 Å². The predicted molar refractivity (Wildman–Crippen MR) is 106 cm³/mol. The molecular formula is C22H16N4O2. The third-order valence-electron chi connectivity index (χ3n) is 4.79. The molecule has 3 aromatic heterocycles. The number of hydrogen-bond acceptors (Lipinski definition) is 5. The molecule has 0 aliphatic heterocycles. The molecule has 0 atom stereocenters. The fourth-order valence-corrected chi connectivity index (χ4v) is 3.32. The van der Waals surface area contributed by atoms with Gasteiger partial charge in [-0.25, -0.2) is 0 Å². The highest BCUT2D eigenvalue weighted by Gasteiger charge is 2.12. The lowest BCUT2D eigenvalue weighted by Crippen LogP contribution is -2.06. The van der Waals surface area contributed by atoms with E-state index in [1.807, 2.05) is 61.9 Å². The number of hydrogen-bond donors (Lipinski definition) is 0. The standard InChI is InChI=1S/C22H16N4O2/c1-26-13-18(12-23-26)15-4-5-20-17(8-15)9-19(24-25-20)11-21(27)16-3-2-14-6-7-28-22(14)10-16/h2-10,12-13H,11H2,1H3. The Bertz CT molecular complexity index is 1330. The van der Waals surface area contributed by atoms with E-state index >= 15 is 0 Å². The molecule has 0 saturated carbocycles. The predicted octanol–water partition coefficient (Wildman–Crippen LogP) is 4.20. The third kappa shape index (κ3) is 2.95. The van der Waals surface area contributed by atoms with Crippen LogP contribution in [0, 0.1) is 0 Å². The molecule has 0 aliphatic carbocycles. The van der Waals surface area contributed by atoms with Crippen molar-refractivity contribution in [3.8, 4) is 11.1 Å². The van der Waals surface area contributed by atoms with Crippen LogP contribution in [-0.2, 0) is 13.5 Å². The Hall–Kier alpha value is -3.80. The molecule has 2 aromatic carbocycles. The molecule has 0 saturated heterocycles. The van der Waals surface area contributed by atoms with E-state index in [1.165, 1.54) is 0 Å². The van der Waals surface area contributed by atoms with Gasteiger partial charge >= 0.3 is 0 Å². The summed E-state index contributed by atoms with van der Waals surface area (Å²) < 4.78 is 7.15. The first-order valence-corrected chi connectivity index (χ1v) is 8.91. The first-order chi connectivity index (χ1) is 13.7. The lowest BCUT2D eigenvalue weighted by molar-refractivity contribution is 0.0991. The SMILES string of the molecule is Cn1cc(-c2ccc3nnc(CC(=O)c4ccc5ccoc5c4)cc3c2)cn1. The molecule has 0 unspecified atom stereocenters. The fourth-order valence-electron chi connectivity index (χ4n) is 3.32. The van der Waals surface area contributed by atoms with E-state index < -0.39 is 0 Å². The number of furan rings is 1. The summed E-state index contributed by atoms with van der Waals surface area (Å²) in [6.07, 6.45) is 5.59. The van der Waals surface area contributed by atoms with Gasteiger partial charge in [0, 0.05) is 35.1 Å². The second kappa shape index (κ2) is 6.42. The number of aryl methyl sites for hydroxylation is 1. The lowest BCUT2D eigenvalue weighted by Gasteiger charge is -2.04. The van der Waals surface area contributed by atoms with Gasteiger partial charge in [0.05, 0.1) is 30.1 Å². The average Bonchev–Trinajstić information content (AvgIpc) is 3.35. The molecule has 5 aromatic rings. The summed E-state index contributed by atoms with van der Waals surface area (Å²) >= 11 is 0. The van der Waals surface area contributed by atoms with Gasteiger partial charge in [0.15, 0.2) is 5.78 Å². The zero-order valence-electron chi connectivity index (χ0n) is 15.2. The van der Waals surface area contributed by atoms with E-state index in [-0.39, 0.29) is 12.2 Å². The maximum Gasteiger partial charge on any atom is 0.169 e. The third-order valence-corrected chi connectivity index (χ3v) is 4.79. The van der Waals surface area contributed by atoms with Crippen LogP contribution in [0.1, 0.15) is 16.1 Å². The summed E-state index contributed by atoms with van der Waals surface area (Å²) in [5.41, 5.74) is 4.82. The fraction of sp³-hybridized carbons (Fsp3) is 0.0909. The van der Waals surface area contributed by atoms with Gasteiger partial charge in [0.2, 0.25) is 0 Å². The second-order valence-electron chi connectivity index (χ2n) is 6.79. The van der Waals surface area contributed by atoms with Gasteiger partial charge in [0.1, 0.15) is 5.58 Å². The van der Waals surface area contributed by atoms with E-state index in [0.29, 0.717) is 16.8 Å². The van der Waals surface area contributed by atoms with Gasteiger partial charge in [-0.05, 0) is 35.9 Å². The lowest BCUT2D eigenvalue weighted by atomic mass is 10.0. The molecule has 0 fully saturated rings. The number of fused-ring (bicyclic) bond motifs is 2. The maximum absolute atomic E-state index is 12.7. The maximum atomic E-state index is 12.7. The van der Waals surface area contributed by atoms with Crippen LogP contribution in [0.4, 0.5) is 0 Å². The van der Waals surface area contributed by atoms with Crippen molar-refractivity contribution in [3.05, 3.63) is 78.4 Å². The highest BCUT2D eigenvalue weighted by Crippen LogP contribution is 2.24. The van der Waals surface area contributed by atoms with Crippen molar-refractivity contribution in [2.45, 2.75) is 6.42 Å². The molecule has 6 nitrogen and oxygen atoms in total. The van der Waals surface area contributed by atoms with Crippen LogP contribution in [0.3, 0.4) is 0 Å². The van der Waals surface area contributed by atoms with Crippen molar-refractivity contribution >= 4 is 27.7 Å². The molecular weight excluding hydrogens is 352 g/mol. The molecule has 0 amide bonds. The summed E-state index contributed by atoms with van der Waals surface area (Å²) in [6, 6.07) is 15.2. The van der Waals surface area contributed by atoms with Crippen molar-refractivity contribution < 1.29 is 9.21 Å². The number of ketones is 1. The molecule has 0 bridgehead atoms. The van der Waals surface area contributed by atoms with Gasteiger partial charge in [-0.15, -0.1) is 0 Å². The Morgan fingerprint density at radius 1 is 1.00 bits per heavy atom.